The molecule has 1 N–H and O–H groups in total. The molecule has 9 heteroatoms. The average Bonchev–Trinajstić information content (AvgIpc) is 3.16. The van der Waals surface area contributed by atoms with Crippen molar-refractivity contribution in [3.63, 3.8) is 0 Å². The van der Waals surface area contributed by atoms with Gasteiger partial charge in [0.15, 0.2) is 0 Å². The highest BCUT2D eigenvalue weighted by molar-refractivity contribution is 6.30. The predicted octanol–water partition coefficient (Wildman–Crippen LogP) is 5.92. The van der Waals surface area contributed by atoms with Crippen LogP contribution in [0, 0.1) is 5.92 Å². The topological polar surface area (TPSA) is 41.8 Å². The van der Waals surface area contributed by atoms with Crippen molar-refractivity contribution in [1.82, 2.24) is 19.6 Å². The number of nitrogens with zero attached hydrogens (tertiary/aromatic N) is 3. The second kappa shape index (κ2) is 10.3. The van der Waals surface area contributed by atoms with Crippen molar-refractivity contribution in [1.29, 1.82) is 0 Å². The summed E-state index contributed by atoms with van der Waals surface area (Å²) < 4.78 is 42.9. The van der Waals surface area contributed by atoms with Gasteiger partial charge in [-0.05, 0) is 68.1 Å². The van der Waals surface area contributed by atoms with Gasteiger partial charge in [-0.2, -0.15) is 0 Å². The van der Waals surface area contributed by atoms with Gasteiger partial charge in [0.05, 0.1) is 22.1 Å². The smallest absolute Gasteiger partial charge is 0.406 e. The first kappa shape index (κ1) is 24.4. The number of nitrogens with one attached hydrogen (secondary N) is 1. The molecule has 0 spiro atoms. The molecule has 182 valence electrons. The summed E-state index contributed by atoms with van der Waals surface area (Å²) in [5, 5.41) is 4.16. The summed E-state index contributed by atoms with van der Waals surface area (Å²) in [5.74, 6) is 0.323. The standard InChI is InChI=1S/C25H28ClF3N4O/c1-3-22-24(33-16-20(26)6-9-23(33)31-22)17(2)30-14-18-10-12-32(13-11-18)15-19-4-7-21(8-5-19)34-25(27,28)29/h4-9,16,18,30H,2-3,10-15H2,1H3. The van der Waals surface area contributed by atoms with E-state index in [1.807, 2.05) is 22.7 Å². The van der Waals surface area contributed by atoms with E-state index in [0.717, 1.165) is 67.2 Å². The summed E-state index contributed by atoms with van der Waals surface area (Å²) in [6.07, 6.45) is 0.0753. The number of aryl methyl sites for hydroxylation is 1. The fraction of sp³-hybridized carbons (Fsp3) is 0.400. The number of halogens is 4. The van der Waals surface area contributed by atoms with Crippen molar-refractivity contribution in [2.75, 3.05) is 19.6 Å². The molecule has 3 heterocycles. The number of rotatable bonds is 8. The number of benzene rings is 1. The Hall–Kier alpha value is -2.71. The number of likely N-dealkylation sites (tertiary alicyclic amines) is 1. The van der Waals surface area contributed by atoms with Crippen LogP contribution in [0.1, 0.15) is 36.7 Å². The van der Waals surface area contributed by atoms with Gasteiger partial charge in [-0.1, -0.05) is 37.2 Å². The molecule has 0 unspecified atom stereocenters. The Bertz CT molecular complexity index is 1140. The number of piperidine rings is 1. The number of fused-ring (bicyclic) bond motifs is 1. The maximum Gasteiger partial charge on any atom is 0.573 e. The van der Waals surface area contributed by atoms with Crippen LogP contribution in [0.4, 0.5) is 13.2 Å². The van der Waals surface area contributed by atoms with Crippen LogP contribution in [-0.2, 0) is 13.0 Å². The van der Waals surface area contributed by atoms with Crippen molar-refractivity contribution < 1.29 is 17.9 Å². The molecule has 1 aromatic carbocycles. The van der Waals surface area contributed by atoms with E-state index >= 15 is 0 Å². The second-order valence-electron chi connectivity index (χ2n) is 8.61. The van der Waals surface area contributed by atoms with E-state index in [4.69, 9.17) is 16.6 Å². The first-order valence-corrected chi connectivity index (χ1v) is 11.8. The first-order chi connectivity index (χ1) is 16.2. The molecule has 0 radical (unpaired) electrons. The minimum Gasteiger partial charge on any atom is -0.406 e. The van der Waals surface area contributed by atoms with Gasteiger partial charge in [-0.25, -0.2) is 4.98 Å². The summed E-state index contributed by atoms with van der Waals surface area (Å²) in [4.78, 5) is 7.02. The lowest BCUT2D eigenvalue weighted by Gasteiger charge is -2.32. The van der Waals surface area contributed by atoms with Crippen LogP contribution in [0.15, 0.2) is 49.2 Å². The molecule has 0 saturated carbocycles. The van der Waals surface area contributed by atoms with E-state index in [1.54, 1.807) is 12.1 Å². The molecule has 3 aromatic rings. The van der Waals surface area contributed by atoms with Crippen LogP contribution >= 0.6 is 11.6 Å². The Labute approximate surface area is 202 Å². The van der Waals surface area contributed by atoms with E-state index in [-0.39, 0.29) is 5.75 Å². The molecule has 4 rings (SSSR count). The molecule has 0 atom stereocenters. The summed E-state index contributed by atoms with van der Waals surface area (Å²) in [5.41, 5.74) is 4.62. The van der Waals surface area contributed by atoms with Gasteiger partial charge in [0.2, 0.25) is 0 Å². The molecular weight excluding hydrogens is 465 g/mol. The third-order valence-corrected chi connectivity index (χ3v) is 6.37. The maximum atomic E-state index is 12.3. The van der Waals surface area contributed by atoms with Gasteiger partial charge in [0.1, 0.15) is 11.4 Å². The minimum atomic E-state index is -4.67. The molecule has 1 aliphatic rings. The molecule has 1 fully saturated rings. The Balaban J connectivity index is 1.28. The zero-order chi connectivity index (χ0) is 24.3. The normalized spacial score (nSPS) is 15.6. The Morgan fingerprint density at radius 2 is 1.88 bits per heavy atom. The summed E-state index contributed by atoms with van der Waals surface area (Å²) in [7, 11) is 0. The molecule has 34 heavy (non-hydrogen) atoms. The van der Waals surface area contributed by atoms with Crippen LogP contribution in [-0.4, -0.2) is 40.3 Å². The second-order valence-corrected chi connectivity index (χ2v) is 9.04. The third kappa shape index (κ3) is 6.04. The molecule has 0 aliphatic carbocycles. The van der Waals surface area contributed by atoms with Crippen LogP contribution < -0.4 is 10.1 Å². The van der Waals surface area contributed by atoms with Crippen LogP contribution in [0.5, 0.6) is 5.75 Å². The van der Waals surface area contributed by atoms with Gasteiger partial charge >= 0.3 is 6.36 Å². The summed E-state index contributed by atoms with van der Waals surface area (Å²) in [6.45, 7) is 9.75. The molecule has 0 bridgehead atoms. The van der Waals surface area contributed by atoms with Crippen molar-refractivity contribution in [3.05, 3.63) is 71.1 Å². The van der Waals surface area contributed by atoms with Crippen molar-refractivity contribution in [2.45, 2.75) is 39.1 Å². The predicted molar refractivity (Wildman–Crippen MR) is 128 cm³/mol. The lowest BCUT2D eigenvalue weighted by Crippen LogP contribution is -2.36. The molecule has 2 aromatic heterocycles. The van der Waals surface area contributed by atoms with E-state index in [1.165, 1.54) is 12.1 Å². The van der Waals surface area contributed by atoms with Crippen molar-refractivity contribution in [2.24, 2.45) is 5.92 Å². The van der Waals surface area contributed by atoms with Gasteiger partial charge in [-0.15, -0.1) is 13.2 Å². The SMILES string of the molecule is C=C(NCC1CCN(Cc2ccc(OC(F)(F)F)cc2)CC1)c1c(CC)nc2ccc(Cl)cn12. The Morgan fingerprint density at radius 1 is 1.18 bits per heavy atom. The fourth-order valence-corrected chi connectivity index (χ4v) is 4.55. The molecule has 1 saturated heterocycles. The highest BCUT2D eigenvalue weighted by Crippen LogP contribution is 2.25. The van der Waals surface area contributed by atoms with Gasteiger partial charge in [0, 0.05) is 19.3 Å². The van der Waals surface area contributed by atoms with E-state index in [0.29, 0.717) is 17.5 Å². The van der Waals surface area contributed by atoms with E-state index < -0.39 is 6.36 Å². The highest BCUT2D eigenvalue weighted by atomic mass is 35.5. The molecule has 0 amide bonds. The average molecular weight is 493 g/mol. The third-order valence-electron chi connectivity index (χ3n) is 6.15. The van der Waals surface area contributed by atoms with Gasteiger partial charge < -0.3 is 10.1 Å². The number of ether oxygens (including phenoxy) is 1. The van der Waals surface area contributed by atoms with Crippen LogP contribution in [0.2, 0.25) is 5.02 Å². The monoisotopic (exact) mass is 492 g/mol. The number of alkyl halides is 3. The van der Waals surface area contributed by atoms with Crippen LogP contribution in [0.25, 0.3) is 11.3 Å². The molecule has 1 aliphatic heterocycles. The lowest BCUT2D eigenvalue weighted by atomic mass is 9.96. The first-order valence-electron chi connectivity index (χ1n) is 11.4. The Kier molecular flexibility index (Phi) is 7.38. The molecule has 5 nitrogen and oxygen atoms in total. The number of hydrogen-bond acceptors (Lipinski definition) is 4. The van der Waals surface area contributed by atoms with Gasteiger partial charge in [0.25, 0.3) is 0 Å². The quantitative estimate of drug-likeness (QED) is 0.424. The number of aromatic nitrogens is 2. The number of hydrogen-bond donors (Lipinski definition) is 1. The zero-order valence-electron chi connectivity index (χ0n) is 19.0. The van der Waals surface area contributed by atoms with Crippen molar-refractivity contribution >= 4 is 22.9 Å². The van der Waals surface area contributed by atoms with Crippen LogP contribution in [0.3, 0.4) is 0 Å². The number of pyridine rings is 1. The summed E-state index contributed by atoms with van der Waals surface area (Å²) >= 11 is 6.20. The minimum absolute atomic E-state index is 0.194. The van der Waals surface area contributed by atoms with Gasteiger partial charge in [-0.3, -0.25) is 9.30 Å². The van der Waals surface area contributed by atoms with Crippen molar-refractivity contribution in [3.8, 4) is 5.75 Å². The van der Waals surface area contributed by atoms with E-state index in [2.05, 4.69) is 28.5 Å². The van der Waals surface area contributed by atoms with E-state index in [9.17, 15) is 13.2 Å². The zero-order valence-corrected chi connectivity index (χ0v) is 19.8. The lowest BCUT2D eigenvalue weighted by molar-refractivity contribution is -0.274. The fourth-order valence-electron chi connectivity index (χ4n) is 4.39. The maximum absolute atomic E-state index is 12.3. The Morgan fingerprint density at radius 3 is 2.53 bits per heavy atom. The molecular formula is C25H28ClF3N4O. The number of imidazole rings is 1. The summed E-state index contributed by atoms with van der Waals surface area (Å²) in [6, 6.07) is 9.84. The largest absolute Gasteiger partial charge is 0.573 e. The highest BCUT2D eigenvalue weighted by Gasteiger charge is 2.31.